The Morgan fingerprint density at radius 3 is 2.63 bits per heavy atom. The number of pyridine rings is 1. The molecule has 0 fully saturated rings. The van der Waals surface area contributed by atoms with Gasteiger partial charge in [-0.05, 0) is 12.1 Å². The van der Waals surface area contributed by atoms with Gasteiger partial charge in [0, 0.05) is 12.6 Å². The van der Waals surface area contributed by atoms with E-state index in [9.17, 15) is 13.2 Å². The predicted molar refractivity (Wildman–Crippen MR) is 57.8 cm³/mol. The number of aliphatic hydroxyl groups is 1. The maximum atomic E-state index is 12.0. The Morgan fingerprint density at radius 1 is 1.26 bits per heavy atom. The fourth-order valence-corrected chi connectivity index (χ4v) is 1.37. The third-order valence-corrected chi connectivity index (χ3v) is 2.33. The summed E-state index contributed by atoms with van der Waals surface area (Å²) in [4.78, 5) is 7.77. The van der Waals surface area contributed by atoms with Gasteiger partial charge in [-0.15, -0.1) is 0 Å². The highest BCUT2D eigenvalue weighted by Crippen LogP contribution is 2.22. The molecule has 2 aromatic heterocycles. The van der Waals surface area contributed by atoms with Crippen LogP contribution in [-0.2, 0) is 13.0 Å². The van der Waals surface area contributed by atoms with Gasteiger partial charge in [-0.25, -0.2) is 0 Å². The summed E-state index contributed by atoms with van der Waals surface area (Å²) in [5, 5.41) is 12.3. The zero-order valence-electron chi connectivity index (χ0n) is 9.68. The summed E-state index contributed by atoms with van der Waals surface area (Å²) in [5.41, 5.74) is 0.962. The van der Waals surface area contributed by atoms with Crippen LogP contribution in [0.2, 0.25) is 0 Å². The zero-order chi connectivity index (χ0) is 13.9. The number of aliphatic hydroxyl groups excluding tert-OH is 1. The number of nitrogens with zero attached hydrogens (tertiary/aromatic N) is 3. The van der Waals surface area contributed by atoms with Gasteiger partial charge in [0.15, 0.2) is 5.82 Å². The minimum atomic E-state index is -4.24. The molecule has 2 rings (SSSR count). The van der Waals surface area contributed by atoms with Crippen molar-refractivity contribution in [1.82, 2.24) is 15.1 Å². The lowest BCUT2D eigenvalue weighted by Gasteiger charge is -2.01. The van der Waals surface area contributed by atoms with Gasteiger partial charge in [0.05, 0.1) is 24.3 Å². The predicted octanol–water partition coefficient (Wildman–Crippen LogP) is 2.12. The topological polar surface area (TPSA) is 72.0 Å². The molecule has 0 aromatic carbocycles. The lowest BCUT2D eigenvalue weighted by atomic mass is 10.2. The van der Waals surface area contributed by atoms with Gasteiger partial charge < -0.3 is 9.63 Å². The van der Waals surface area contributed by atoms with Gasteiger partial charge >= 0.3 is 6.18 Å². The van der Waals surface area contributed by atoms with E-state index in [2.05, 4.69) is 15.1 Å². The number of hydrogen-bond acceptors (Lipinski definition) is 5. The quantitative estimate of drug-likeness (QED) is 0.923. The fourth-order valence-electron chi connectivity index (χ4n) is 1.37. The highest BCUT2D eigenvalue weighted by Gasteiger charge is 2.27. The van der Waals surface area contributed by atoms with Crippen LogP contribution in [0.25, 0.3) is 11.5 Å². The second-order valence-electron chi connectivity index (χ2n) is 3.83. The van der Waals surface area contributed by atoms with Gasteiger partial charge in [0.2, 0.25) is 0 Å². The van der Waals surface area contributed by atoms with Crippen LogP contribution in [0.15, 0.2) is 22.9 Å². The van der Waals surface area contributed by atoms with Gasteiger partial charge in [-0.2, -0.15) is 18.2 Å². The molecule has 5 nitrogen and oxygen atoms in total. The zero-order valence-corrected chi connectivity index (χ0v) is 9.68. The van der Waals surface area contributed by atoms with E-state index >= 15 is 0 Å². The Labute approximate surface area is 106 Å². The largest absolute Gasteiger partial charge is 0.390 e. The molecule has 0 amide bonds. The number of halogens is 3. The molecular formula is C11H10F3N3O2. The van der Waals surface area contributed by atoms with Crippen molar-refractivity contribution in [3.63, 3.8) is 0 Å². The van der Waals surface area contributed by atoms with Crippen molar-refractivity contribution >= 4 is 0 Å². The van der Waals surface area contributed by atoms with Crippen LogP contribution in [0.5, 0.6) is 0 Å². The molecule has 0 spiro atoms. The average molecular weight is 273 g/mol. The highest BCUT2D eigenvalue weighted by molar-refractivity contribution is 5.50. The van der Waals surface area contributed by atoms with Crippen LogP contribution < -0.4 is 0 Å². The molecule has 102 valence electrons. The molecule has 0 saturated heterocycles. The van der Waals surface area contributed by atoms with E-state index in [0.717, 1.165) is 0 Å². The number of rotatable bonds is 4. The first kappa shape index (κ1) is 13.5. The Hall–Kier alpha value is -1.96. The summed E-state index contributed by atoms with van der Waals surface area (Å²) >= 11 is 0. The van der Waals surface area contributed by atoms with Gasteiger partial charge in [0.1, 0.15) is 0 Å². The molecule has 0 bridgehead atoms. The molecule has 0 atom stereocenters. The third kappa shape index (κ3) is 3.75. The van der Waals surface area contributed by atoms with Crippen LogP contribution in [0.3, 0.4) is 0 Å². The summed E-state index contributed by atoms with van der Waals surface area (Å²) in [6.07, 6.45) is -4.15. The van der Waals surface area contributed by atoms with Gasteiger partial charge in [-0.3, -0.25) is 4.98 Å². The first-order chi connectivity index (χ1) is 8.98. The minimum absolute atomic E-state index is 0.00133. The number of aromatic nitrogens is 3. The summed E-state index contributed by atoms with van der Waals surface area (Å²) < 4.78 is 41.0. The summed E-state index contributed by atoms with van der Waals surface area (Å²) in [5.74, 6) is 0.104. The van der Waals surface area contributed by atoms with E-state index < -0.39 is 12.6 Å². The summed E-state index contributed by atoms with van der Waals surface area (Å²) in [7, 11) is 0. The van der Waals surface area contributed by atoms with Crippen molar-refractivity contribution in [2.24, 2.45) is 0 Å². The van der Waals surface area contributed by atoms with E-state index in [-0.39, 0.29) is 24.7 Å². The Morgan fingerprint density at radius 2 is 2.05 bits per heavy atom. The Balaban J connectivity index is 2.07. The van der Waals surface area contributed by atoms with Crippen LogP contribution in [-0.4, -0.2) is 26.4 Å². The molecule has 0 aliphatic carbocycles. The Kier molecular flexibility index (Phi) is 3.79. The van der Waals surface area contributed by atoms with E-state index in [0.29, 0.717) is 11.3 Å². The van der Waals surface area contributed by atoms with E-state index in [1.54, 1.807) is 12.1 Å². The second kappa shape index (κ2) is 5.35. The molecular weight excluding hydrogens is 263 g/mol. The van der Waals surface area contributed by atoms with Crippen molar-refractivity contribution in [3.05, 3.63) is 29.8 Å². The van der Waals surface area contributed by atoms with E-state index in [4.69, 9.17) is 9.63 Å². The van der Waals surface area contributed by atoms with Crippen LogP contribution >= 0.6 is 0 Å². The smallest absolute Gasteiger partial charge is 0.389 e. The highest BCUT2D eigenvalue weighted by atomic mass is 19.4. The molecule has 8 heteroatoms. The van der Waals surface area contributed by atoms with E-state index in [1.807, 2.05) is 0 Å². The molecule has 0 unspecified atom stereocenters. The monoisotopic (exact) mass is 273 g/mol. The minimum Gasteiger partial charge on any atom is -0.390 e. The number of hydrogen-bond donors (Lipinski definition) is 1. The standard InChI is InChI=1S/C11H10F3N3O2/c12-11(13,14)4-3-9-16-10(19-17-9)7-1-2-8(6-18)15-5-7/h1-2,5,18H,3-4,6H2. The second-order valence-corrected chi connectivity index (χ2v) is 3.83. The summed E-state index contributed by atoms with van der Waals surface area (Å²) in [6.45, 7) is -0.194. The lowest BCUT2D eigenvalue weighted by molar-refractivity contribution is -0.134. The van der Waals surface area contributed by atoms with E-state index in [1.165, 1.54) is 6.20 Å². The van der Waals surface area contributed by atoms with Crippen LogP contribution in [0.1, 0.15) is 17.9 Å². The molecule has 19 heavy (non-hydrogen) atoms. The molecule has 1 N–H and O–H groups in total. The van der Waals surface area contributed by atoms with Gasteiger partial charge in [0.25, 0.3) is 5.89 Å². The van der Waals surface area contributed by atoms with Crippen LogP contribution in [0, 0.1) is 0 Å². The third-order valence-electron chi connectivity index (χ3n) is 2.33. The SMILES string of the molecule is OCc1ccc(-c2nc(CCC(F)(F)F)no2)cn1. The van der Waals surface area contributed by atoms with Crippen molar-refractivity contribution in [3.8, 4) is 11.5 Å². The molecule has 2 aromatic rings. The first-order valence-corrected chi connectivity index (χ1v) is 5.43. The maximum Gasteiger partial charge on any atom is 0.389 e. The van der Waals surface area contributed by atoms with Crippen molar-refractivity contribution in [1.29, 1.82) is 0 Å². The first-order valence-electron chi connectivity index (χ1n) is 5.43. The number of alkyl halides is 3. The average Bonchev–Trinajstić information content (AvgIpc) is 2.84. The lowest BCUT2D eigenvalue weighted by Crippen LogP contribution is -2.09. The molecule has 0 aliphatic rings. The molecule has 0 aliphatic heterocycles. The summed E-state index contributed by atoms with van der Waals surface area (Å²) in [6, 6.07) is 3.16. The van der Waals surface area contributed by atoms with Crippen molar-refractivity contribution < 1.29 is 22.8 Å². The van der Waals surface area contributed by atoms with Gasteiger partial charge in [-0.1, -0.05) is 5.16 Å². The molecule has 0 saturated carbocycles. The molecule has 0 radical (unpaired) electrons. The maximum absolute atomic E-state index is 12.0. The molecule has 2 heterocycles. The van der Waals surface area contributed by atoms with Crippen LogP contribution in [0.4, 0.5) is 13.2 Å². The normalized spacial score (nSPS) is 11.8. The van der Waals surface area contributed by atoms with Crippen molar-refractivity contribution in [2.75, 3.05) is 0 Å². The Bertz CT molecular complexity index is 537. The fraction of sp³-hybridized carbons (Fsp3) is 0.364. The van der Waals surface area contributed by atoms with Crippen molar-refractivity contribution in [2.45, 2.75) is 25.6 Å². The number of aryl methyl sites for hydroxylation is 1.